The SMILES string of the molecule is CCc1nncn1CCNC(C)C(C)(C)C. The molecule has 16 heavy (non-hydrogen) atoms. The van der Waals surface area contributed by atoms with E-state index in [0.29, 0.717) is 11.5 Å². The highest BCUT2D eigenvalue weighted by Gasteiger charge is 2.18. The quantitative estimate of drug-likeness (QED) is 0.830. The highest BCUT2D eigenvalue weighted by Crippen LogP contribution is 2.18. The molecular formula is C12H24N4. The molecule has 1 atom stereocenters. The van der Waals surface area contributed by atoms with Crippen molar-refractivity contribution >= 4 is 0 Å². The summed E-state index contributed by atoms with van der Waals surface area (Å²) >= 11 is 0. The van der Waals surface area contributed by atoms with Crippen LogP contribution in [0.4, 0.5) is 0 Å². The molecule has 1 aromatic rings. The van der Waals surface area contributed by atoms with Crippen molar-refractivity contribution in [3.05, 3.63) is 12.2 Å². The predicted octanol–water partition coefficient (Wildman–Crippen LogP) is 1.86. The van der Waals surface area contributed by atoms with Gasteiger partial charge >= 0.3 is 0 Å². The van der Waals surface area contributed by atoms with Gasteiger partial charge in [0.25, 0.3) is 0 Å². The van der Waals surface area contributed by atoms with Crippen molar-refractivity contribution in [1.29, 1.82) is 0 Å². The summed E-state index contributed by atoms with van der Waals surface area (Å²) in [4.78, 5) is 0. The van der Waals surface area contributed by atoms with Crippen LogP contribution < -0.4 is 5.32 Å². The van der Waals surface area contributed by atoms with Gasteiger partial charge < -0.3 is 9.88 Å². The van der Waals surface area contributed by atoms with Crippen LogP contribution in [0.3, 0.4) is 0 Å². The van der Waals surface area contributed by atoms with Crippen LogP contribution in [0.15, 0.2) is 6.33 Å². The average Bonchev–Trinajstić information content (AvgIpc) is 2.63. The zero-order chi connectivity index (χ0) is 12.2. The summed E-state index contributed by atoms with van der Waals surface area (Å²) in [6.07, 6.45) is 2.75. The molecule has 0 aliphatic carbocycles. The Morgan fingerprint density at radius 2 is 2.12 bits per heavy atom. The lowest BCUT2D eigenvalue weighted by atomic mass is 9.88. The summed E-state index contributed by atoms with van der Waals surface area (Å²) in [5.74, 6) is 1.06. The average molecular weight is 224 g/mol. The molecule has 0 saturated heterocycles. The first-order valence-corrected chi connectivity index (χ1v) is 6.05. The number of nitrogens with one attached hydrogen (secondary N) is 1. The van der Waals surface area contributed by atoms with Crippen LogP contribution in [0.5, 0.6) is 0 Å². The maximum absolute atomic E-state index is 4.07. The monoisotopic (exact) mass is 224 g/mol. The molecule has 1 aromatic heterocycles. The van der Waals surface area contributed by atoms with E-state index >= 15 is 0 Å². The lowest BCUT2D eigenvalue weighted by molar-refractivity contribution is 0.283. The summed E-state index contributed by atoms with van der Waals surface area (Å²) in [5.41, 5.74) is 0.306. The minimum absolute atomic E-state index is 0.306. The summed E-state index contributed by atoms with van der Waals surface area (Å²) in [6, 6.07) is 0.508. The van der Waals surface area contributed by atoms with E-state index in [1.54, 1.807) is 0 Å². The van der Waals surface area contributed by atoms with Crippen LogP contribution >= 0.6 is 0 Å². The van der Waals surface area contributed by atoms with Crippen LogP contribution in [-0.2, 0) is 13.0 Å². The van der Waals surface area contributed by atoms with Crippen LogP contribution in [0.1, 0.15) is 40.4 Å². The van der Waals surface area contributed by atoms with Crippen LogP contribution in [0.25, 0.3) is 0 Å². The molecule has 0 aliphatic rings. The van der Waals surface area contributed by atoms with E-state index in [2.05, 4.69) is 54.7 Å². The highest BCUT2D eigenvalue weighted by atomic mass is 15.3. The summed E-state index contributed by atoms with van der Waals surface area (Å²) in [7, 11) is 0. The van der Waals surface area contributed by atoms with E-state index in [0.717, 1.165) is 25.3 Å². The van der Waals surface area contributed by atoms with E-state index in [-0.39, 0.29) is 0 Å². The maximum Gasteiger partial charge on any atom is 0.132 e. The van der Waals surface area contributed by atoms with Gasteiger partial charge in [0, 0.05) is 25.6 Å². The molecule has 0 fully saturated rings. The fourth-order valence-corrected chi connectivity index (χ4v) is 1.45. The zero-order valence-electron chi connectivity index (χ0n) is 11.1. The van der Waals surface area contributed by atoms with E-state index in [1.807, 2.05) is 6.33 Å². The molecule has 4 nitrogen and oxygen atoms in total. The highest BCUT2D eigenvalue weighted by molar-refractivity contribution is 4.85. The molecule has 1 rings (SSSR count). The first-order chi connectivity index (χ1) is 7.45. The first kappa shape index (κ1) is 13.2. The molecule has 0 radical (unpaired) electrons. The van der Waals surface area contributed by atoms with Crippen molar-refractivity contribution < 1.29 is 0 Å². The van der Waals surface area contributed by atoms with Gasteiger partial charge in [-0.3, -0.25) is 0 Å². The van der Waals surface area contributed by atoms with Gasteiger partial charge in [0.2, 0.25) is 0 Å². The Labute approximate surface area is 98.5 Å². The van der Waals surface area contributed by atoms with E-state index in [9.17, 15) is 0 Å². The molecule has 1 unspecified atom stereocenters. The third-order valence-electron chi connectivity index (χ3n) is 3.11. The lowest BCUT2D eigenvalue weighted by Gasteiger charge is -2.28. The number of hydrogen-bond acceptors (Lipinski definition) is 3. The largest absolute Gasteiger partial charge is 0.316 e. The fourth-order valence-electron chi connectivity index (χ4n) is 1.45. The van der Waals surface area contributed by atoms with Gasteiger partial charge in [-0.25, -0.2) is 0 Å². The molecule has 1 N–H and O–H groups in total. The van der Waals surface area contributed by atoms with Gasteiger partial charge in [0.05, 0.1) is 0 Å². The van der Waals surface area contributed by atoms with Gasteiger partial charge in [-0.1, -0.05) is 27.7 Å². The normalized spacial score (nSPS) is 14.1. The van der Waals surface area contributed by atoms with E-state index < -0.39 is 0 Å². The second-order valence-corrected chi connectivity index (χ2v) is 5.34. The first-order valence-electron chi connectivity index (χ1n) is 6.05. The van der Waals surface area contributed by atoms with Crippen LogP contribution in [0, 0.1) is 5.41 Å². The molecule has 0 saturated carbocycles. The molecule has 0 bridgehead atoms. The van der Waals surface area contributed by atoms with Crippen molar-refractivity contribution in [3.8, 4) is 0 Å². The van der Waals surface area contributed by atoms with Crippen molar-refractivity contribution in [2.45, 2.75) is 53.6 Å². The van der Waals surface area contributed by atoms with Gasteiger partial charge in [-0.15, -0.1) is 10.2 Å². The number of aromatic nitrogens is 3. The number of aryl methyl sites for hydroxylation is 1. The summed E-state index contributed by atoms with van der Waals surface area (Å²) in [5, 5.41) is 11.5. The Balaban J connectivity index is 2.36. The van der Waals surface area contributed by atoms with Gasteiger partial charge in [0.15, 0.2) is 0 Å². The molecule has 0 spiro atoms. The molecule has 92 valence electrons. The molecular weight excluding hydrogens is 200 g/mol. The second-order valence-electron chi connectivity index (χ2n) is 5.34. The van der Waals surface area contributed by atoms with Crippen LogP contribution in [0.2, 0.25) is 0 Å². The zero-order valence-corrected chi connectivity index (χ0v) is 11.1. The van der Waals surface area contributed by atoms with Crippen molar-refractivity contribution in [1.82, 2.24) is 20.1 Å². The molecule has 1 heterocycles. The van der Waals surface area contributed by atoms with Crippen LogP contribution in [-0.4, -0.2) is 27.4 Å². The summed E-state index contributed by atoms with van der Waals surface area (Å²) in [6.45, 7) is 13.0. The topological polar surface area (TPSA) is 42.7 Å². The lowest BCUT2D eigenvalue weighted by Crippen LogP contribution is -2.39. The van der Waals surface area contributed by atoms with Crippen molar-refractivity contribution in [3.63, 3.8) is 0 Å². The molecule has 0 aromatic carbocycles. The second kappa shape index (κ2) is 5.43. The third kappa shape index (κ3) is 3.59. The Kier molecular flexibility index (Phi) is 4.47. The minimum Gasteiger partial charge on any atom is -0.316 e. The van der Waals surface area contributed by atoms with Crippen molar-refractivity contribution in [2.24, 2.45) is 5.41 Å². The maximum atomic E-state index is 4.07. The summed E-state index contributed by atoms with van der Waals surface area (Å²) < 4.78 is 2.11. The van der Waals surface area contributed by atoms with Gasteiger partial charge in [-0.05, 0) is 12.3 Å². The fraction of sp³-hybridized carbons (Fsp3) is 0.833. The Morgan fingerprint density at radius 1 is 1.44 bits per heavy atom. The smallest absolute Gasteiger partial charge is 0.132 e. The number of nitrogens with zero attached hydrogens (tertiary/aromatic N) is 3. The predicted molar refractivity (Wildman–Crippen MR) is 66.3 cm³/mol. The van der Waals surface area contributed by atoms with E-state index in [4.69, 9.17) is 0 Å². The Morgan fingerprint density at radius 3 is 2.69 bits per heavy atom. The molecule has 0 amide bonds. The molecule has 4 heteroatoms. The van der Waals surface area contributed by atoms with E-state index in [1.165, 1.54) is 0 Å². The standard InChI is InChI=1S/C12H24N4/c1-6-11-15-14-9-16(11)8-7-13-10(2)12(3,4)5/h9-10,13H,6-8H2,1-5H3. The Bertz CT molecular complexity index is 311. The van der Waals surface area contributed by atoms with Gasteiger partial charge in [-0.2, -0.15) is 0 Å². The molecule has 0 aliphatic heterocycles. The Hall–Kier alpha value is -0.900. The number of hydrogen-bond donors (Lipinski definition) is 1. The van der Waals surface area contributed by atoms with Gasteiger partial charge in [0.1, 0.15) is 12.2 Å². The van der Waals surface area contributed by atoms with Crippen molar-refractivity contribution in [2.75, 3.05) is 6.54 Å². The number of rotatable bonds is 5. The minimum atomic E-state index is 0.306. The third-order valence-corrected chi connectivity index (χ3v) is 3.11.